The molecule has 0 bridgehead atoms. The van der Waals surface area contributed by atoms with Gasteiger partial charge in [0.15, 0.2) is 11.5 Å². The van der Waals surface area contributed by atoms with Crippen LogP contribution >= 0.6 is 12.4 Å². The minimum absolute atomic E-state index is 0. The number of nitrogens with one attached hydrogen (secondary N) is 1. The Morgan fingerprint density at radius 3 is 2.77 bits per heavy atom. The molecule has 1 aromatic rings. The minimum atomic E-state index is 0. The van der Waals surface area contributed by atoms with Crippen LogP contribution in [0.4, 0.5) is 0 Å². The number of carbonyl (C=O) groups excluding carboxylic acids is 1. The first-order valence-electron chi connectivity index (χ1n) is 8.88. The van der Waals surface area contributed by atoms with E-state index in [1.54, 1.807) is 31.4 Å². The zero-order chi connectivity index (χ0) is 17.6. The van der Waals surface area contributed by atoms with E-state index in [-0.39, 0.29) is 18.3 Å². The lowest BCUT2D eigenvalue weighted by Crippen LogP contribution is -2.49. The van der Waals surface area contributed by atoms with Crippen molar-refractivity contribution in [2.75, 3.05) is 53.0 Å². The van der Waals surface area contributed by atoms with Crippen molar-refractivity contribution in [1.82, 2.24) is 15.1 Å². The molecule has 1 unspecified atom stereocenters. The Balaban J connectivity index is 0.00000243. The molecular formula is C19H28ClN3O3. The Hall–Kier alpha value is -1.76. The molecule has 1 amide bonds. The van der Waals surface area contributed by atoms with E-state index in [4.69, 9.17) is 9.47 Å². The molecule has 0 saturated carbocycles. The van der Waals surface area contributed by atoms with Gasteiger partial charge in [0.05, 0.1) is 7.11 Å². The number of ether oxygens (including phenoxy) is 2. The van der Waals surface area contributed by atoms with Crippen LogP contribution < -0.4 is 14.8 Å². The molecule has 0 aliphatic carbocycles. The van der Waals surface area contributed by atoms with Crippen LogP contribution in [0.3, 0.4) is 0 Å². The lowest BCUT2D eigenvalue weighted by Gasteiger charge is -2.32. The summed E-state index contributed by atoms with van der Waals surface area (Å²) in [7, 11) is 1.58. The number of methoxy groups -OCH3 is 1. The van der Waals surface area contributed by atoms with E-state index in [1.165, 1.54) is 0 Å². The van der Waals surface area contributed by atoms with E-state index < -0.39 is 0 Å². The van der Waals surface area contributed by atoms with Crippen LogP contribution in [0.15, 0.2) is 30.9 Å². The zero-order valence-corrected chi connectivity index (χ0v) is 16.1. The number of hydrogen-bond donors (Lipinski definition) is 1. The molecule has 144 valence electrons. The second-order valence-corrected chi connectivity index (χ2v) is 6.44. The number of hydrogen-bond acceptors (Lipinski definition) is 5. The van der Waals surface area contributed by atoms with E-state index in [0.29, 0.717) is 29.7 Å². The van der Waals surface area contributed by atoms with Gasteiger partial charge in [0.25, 0.3) is 5.91 Å². The predicted octanol–water partition coefficient (Wildman–Crippen LogP) is 1.80. The average molecular weight is 382 g/mol. The molecular weight excluding hydrogens is 354 g/mol. The third kappa shape index (κ3) is 4.69. The number of carbonyl (C=O) groups is 1. The van der Waals surface area contributed by atoms with Gasteiger partial charge in [-0.3, -0.25) is 9.69 Å². The van der Waals surface area contributed by atoms with E-state index >= 15 is 0 Å². The first-order chi connectivity index (χ1) is 12.2. The third-order valence-electron chi connectivity index (χ3n) is 4.89. The summed E-state index contributed by atoms with van der Waals surface area (Å²) in [5.74, 6) is 1.26. The van der Waals surface area contributed by atoms with Crippen molar-refractivity contribution in [3.63, 3.8) is 0 Å². The van der Waals surface area contributed by atoms with Crippen LogP contribution in [0, 0.1) is 0 Å². The van der Waals surface area contributed by atoms with Crippen LogP contribution in [0.5, 0.6) is 11.5 Å². The lowest BCUT2D eigenvalue weighted by molar-refractivity contribution is 0.0773. The van der Waals surface area contributed by atoms with Gasteiger partial charge in [0, 0.05) is 50.9 Å². The summed E-state index contributed by atoms with van der Waals surface area (Å²) in [6, 6.07) is 5.84. The van der Waals surface area contributed by atoms with E-state index in [0.717, 1.165) is 45.7 Å². The van der Waals surface area contributed by atoms with E-state index in [1.807, 2.05) is 4.90 Å². The van der Waals surface area contributed by atoms with Crippen molar-refractivity contribution >= 4 is 18.3 Å². The van der Waals surface area contributed by atoms with Crippen molar-refractivity contribution in [2.24, 2.45) is 0 Å². The van der Waals surface area contributed by atoms with Crippen LogP contribution in [-0.4, -0.2) is 74.7 Å². The van der Waals surface area contributed by atoms with Crippen LogP contribution in [0.1, 0.15) is 16.8 Å². The SMILES string of the molecule is C=CCOc1ccc(C(=O)N2CCC(N3CCNCC3)C2)cc1OC.Cl. The fraction of sp³-hybridized carbons (Fsp3) is 0.526. The van der Waals surface area contributed by atoms with Crippen molar-refractivity contribution in [3.8, 4) is 11.5 Å². The molecule has 0 spiro atoms. The molecule has 2 fully saturated rings. The van der Waals surface area contributed by atoms with E-state index in [2.05, 4.69) is 16.8 Å². The summed E-state index contributed by atoms with van der Waals surface area (Å²) in [6.45, 7) is 9.86. The van der Waals surface area contributed by atoms with Gasteiger partial charge in [-0.25, -0.2) is 0 Å². The molecule has 2 aliphatic rings. The Morgan fingerprint density at radius 1 is 1.31 bits per heavy atom. The maximum atomic E-state index is 12.9. The molecule has 6 nitrogen and oxygen atoms in total. The van der Waals surface area contributed by atoms with Crippen molar-refractivity contribution in [1.29, 1.82) is 0 Å². The largest absolute Gasteiger partial charge is 0.493 e. The van der Waals surface area contributed by atoms with Crippen molar-refractivity contribution in [2.45, 2.75) is 12.5 Å². The monoisotopic (exact) mass is 381 g/mol. The van der Waals surface area contributed by atoms with Gasteiger partial charge >= 0.3 is 0 Å². The molecule has 0 aromatic heterocycles. The first-order valence-corrected chi connectivity index (χ1v) is 8.88. The maximum absolute atomic E-state index is 12.9. The number of benzene rings is 1. The third-order valence-corrected chi connectivity index (χ3v) is 4.89. The number of likely N-dealkylation sites (tertiary alicyclic amines) is 1. The molecule has 26 heavy (non-hydrogen) atoms. The standard InChI is InChI=1S/C19H27N3O3.ClH/c1-3-12-25-17-5-4-15(13-18(17)24-2)19(23)22-9-6-16(14-22)21-10-7-20-8-11-21;/h3-5,13,16,20H,1,6-12,14H2,2H3;1H. The Bertz CT molecular complexity index is 620. The Morgan fingerprint density at radius 2 is 2.08 bits per heavy atom. The summed E-state index contributed by atoms with van der Waals surface area (Å²) < 4.78 is 10.9. The molecule has 0 radical (unpaired) electrons. The predicted molar refractivity (Wildman–Crippen MR) is 105 cm³/mol. The van der Waals surface area contributed by atoms with Crippen LogP contribution in [-0.2, 0) is 0 Å². The molecule has 2 aliphatic heterocycles. The topological polar surface area (TPSA) is 54.0 Å². The highest BCUT2D eigenvalue weighted by atomic mass is 35.5. The van der Waals surface area contributed by atoms with Gasteiger partial charge in [0.1, 0.15) is 6.61 Å². The molecule has 2 heterocycles. The van der Waals surface area contributed by atoms with Crippen LogP contribution in [0.2, 0.25) is 0 Å². The number of amides is 1. The highest BCUT2D eigenvalue weighted by Crippen LogP contribution is 2.29. The number of nitrogens with zero attached hydrogens (tertiary/aromatic N) is 2. The van der Waals surface area contributed by atoms with Gasteiger partial charge in [-0.05, 0) is 24.6 Å². The summed E-state index contributed by atoms with van der Waals surface area (Å²) >= 11 is 0. The molecule has 3 rings (SSSR count). The molecule has 7 heteroatoms. The summed E-state index contributed by atoms with van der Waals surface area (Å²) in [5.41, 5.74) is 0.642. The number of piperazine rings is 1. The Kier molecular flexibility index (Phi) is 7.75. The number of halogens is 1. The van der Waals surface area contributed by atoms with Gasteiger partial charge in [-0.1, -0.05) is 12.7 Å². The Labute approximate surface area is 161 Å². The average Bonchev–Trinajstić information content (AvgIpc) is 3.16. The van der Waals surface area contributed by atoms with Crippen molar-refractivity contribution in [3.05, 3.63) is 36.4 Å². The van der Waals surface area contributed by atoms with Crippen LogP contribution in [0.25, 0.3) is 0 Å². The minimum Gasteiger partial charge on any atom is -0.493 e. The first kappa shape index (κ1) is 20.6. The second-order valence-electron chi connectivity index (χ2n) is 6.44. The zero-order valence-electron chi connectivity index (χ0n) is 15.3. The van der Waals surface area contributed by atoms with Gasteiger partial charge in [-0.15, -0.1) is 12.4 Å². The summed E-state index contributed by atoms with van der Waals surface area (Å²) in [5, 5.41) is 3.38. The quantitative estimate of drug-likeness (QED) is 0.761. The number of rotatable bonds is 6. The fourth-order valence-electron chi connectivity index (χ4n) is 3.52. The van der Waals surface area contributed by atoms with Crippen molar-refractivity contribution < 1.29 is 14.3 Å². The molecule has 1 N–H and O–H groups in total. The fourth-order valence-corrected chi connectivity index (χ4v) is 3.52. The molecule has 1 atom stereocenters. The van der Waals surface area contributed by atoms with Gasteiger partial charge < -0.3 is 19.7 Å². The van der Waals surface area contributed by atoms with Gasteiger partial charge in [-0.2, -0.15) is 0 Å². The highest BCUT2D eigenvalue weighted by Gasteiger charge is 2.31. The summed E-state index contributed by atoms with van der Waals surface area (Å²) in [4.78, 5) is 17.3. The molecule has 2 saturated heterocycles. The van der Waals surface area contributed by atoms with E-state index in [9.17, 15) is 4.79 Å². The lowest BCUT2D eigenvalue weighted by atomic mass is 10.1. The smallest absolute Gasteiger partial charge is 0.254 e. The maximum Gasteiger partial charge on any atom is 0.254 e. The second kappa shape index (κ2) is 9.80. The highest BCUT2D eigenvalue weighted by molar-refractivity contribution is 5.95. The summed E-state index contributed by atoms with van der Waals surface area (Å²) in [6.07, 6.45) is 2.72. The normalized spacial score (nSPS) is 20.3. The molecule has 1 aromatic carbocycles. The van der Waals surface area contributed by atoms with Gasteiger partial charge in [0.2, 0.25) is 0 Å².